The van der Waals surface area contributed by atoms with Crippen LogP contribution in [-0.2, 0) is 16.0 Å². The van der Waals surface area contributed by atoms with Gasteiger partial charge in [0.1, 0.15) is 11.4 Å². The van der Waals surface area contributed by atoms with Gasteiger partial charge in [0.25, 0.3) is 0 Å². The van der Waals surface area contributed by atoms with Crippen molar-refractivity contribution in [3.05, 3.63) is 72.0 Å². The zero-order chi connectivity index (χ0) is 19.4. The Balaban J connectivity index is 1.34. The van der Waals surface area contributed by atoms with Gasteiger partial charge in [-0.1, -0.05) is 42.5 Å². The van der Waals surface area contributed by atoms with Crippen molar-refractivity contribution in [3.8, 4) is 5.75 Å². The Morgan fingerprint density at radius 2 is 1.75 bits per heavy atom. The van der Waals surface area contributed by atoms with Crippen LogP contribution in [0.4, 0.5) is 0 Å². The molecule has 4 rings (SSSR count). The number of methoxy groups -OCH3 is 1. The van der Waals surface area contributed by atoms with Gasteiger partial charge in [-0.2, -0.15) is 0 Å². The van der Waals surface area contributed by atoms with Crippen LogP contribution in [0.1, 0.15) is 30.4 Å². The normalized spacial score (nSPS) is 19.2. The van der Waals surface area contributed by atoms with Crippen molar-refractivity contribution in [1.82, 2.24) is 4.90 Å². The van der Waals surface area contributed by atoms with Gasteiger partial charge in [-0.25, -0.2) is 0 Å². The Labute approximate surface area is 166 Å². The molecule has 0 aliphatic carbocycles. The average molecular weight is 377 g/mol. The SMILES string of the molecule is COc1ccc(C2=COC3(CCN(CCc4ccccc4)CC3)CC2=O)cc1. The Morgan fingerprint density at radius 3 is 2.39 bits per heavy atom. The maximum absolute atomic E-state index is 12.8. The zero-order valence-electron chi connectivity index (χ0n) is 16.4. The van der Waals surface area contributed by atoms with E-state index in [4.69, 9.17) is 9.47 Å². The van der Waals surface area contributed by atoms with E-state index in [2.05, 4.69) is 35.2 Å². The molecule has 146 valence electrons. The summed E-state index contributed by atoms with van der Waals surface area (Å²) in [5, 5.41) is 0. The van der Waals surface area contributed by atoms with E-state index in [-0.39, 0.29) is 11.4 Å². The molecule has 2 heterocycles. The van der Waals surface area contributed by atoms with Crippen molar-refractivity contribution in [2.45, 2.75) is 31.3 Å². The zero-order valence-corrected chi connectivity index (χ0v) is 16.4. The lowest BCUT2D eigenvalue weighted by Crippen LogP contribution is -2.48. The molecule has 2 aliphatic rings. The maximum Gasteiger partial charge on any atom is 0.170 e. The van der Waals surface area contributed by atoms with E-state index in [1.807, 2.05) is 24.3 Å². The van der Waals surface area contributed by atoms with Crippen molar-refractivity contribution in [3.63, 3.8) is 0 Å². The minimum absolute atomic E-state index is 0.175. The third kappa shape index (κ3) is 4.12. The fraction of sp³-hybridized carbons (Fsp3) is 0.375. The minimum Gasteiger partial charge on any atom is -0.497 e. The summed E-state index contributed by atoms with van der Waals surface area (Å²) >= 11 is 0. The molecule has 1 spiro atoms. The molecule has 28 heavy (non-hydrogen) atoms. The smallest absolute Gasteiger partial charge is 0.170 e. The first kappa shape index (κ1) is 18.8. The molecule has 0 unspecified atom stereocenters. The lowest BCUT2D eigenvalue weighted by molar-refractivity contribution is -0.124. The molecular formula is C24H27NO3. The van der Waals surface area contributed by atoms with Gasteiger partial charge in [-0.05, 0) is 29.7 Å². The van der Waals surface area contributed by atoms with Crippen LogP contribution < -0.4 is 4.74 Å². The van der Waals surface area contributed by atoms with Gasteiger partial charge in [-0.15, -0.1) is 0 Å². The summed E-state index contributed by atoms with van der Waals surface area (Å²) in [6.45, 7) is 3.01. The third-order valence-corrected chi connectivity index (χ3v) is 5.94. The number of Topliss-reactive ketones (excluding diaryl/α,β-unsaturated/α-hetero) is 1. The Bertz CT molecular complexity index is 834. The van der Waals surface area contributed by atoms with Crippen molar-refractivity contribution < 1.29 is 14.3 Å². The maximum atomic E-state index is 12.8. The molecule has 1 saturated heterocycles. The quantitative estimate of drug-likeness (QED) is 0.786. The molecule has 0 radical (unpaired) electrons. The van der Waals surface area contributed by atoms with E-state index in [1.165, 1.54) is 5.56 Å². The molecule has 2 aliphatic heterocycles. The van der Waals surface area contributed by atoms with Gasteiger partial charge in [0.2, 0.25) is 0 Å². The molecule has 0 aromatic heterocycles. The number of carbonyl (C=O) groups is 1. The highest BCUT2D eigenvalue weighted by Gasteiger charge is 2.41. The summed E-state index contributed by atoms with van der Waals surface area (Å²) in [7, 11) is 1.64. The summed E-state index contributed by atoms with van der Waals surface area (Å²) < 4.78 is 11.4. The molecule has 4 heteroatoms. The van der Waals surface area contributed by atoms with Crippen LogP contribution in [0.5, 0.6) is 5.75 Å². The Morgan fingerprint density at radius 1 is 1.04 bits per heavy atom. The van der Waals surface area contributed by atoms with E-state index in [9.17, 15) is 4.79 Å². The molecular weight excluding hydrogens is 350 g/mol. The van der Waals surface area contributed by atoms with Crippen LogP contribution in [0.15, 0.2) is 60.9 Å². The van der Waals surface area contributed by atoms with E-state index in [0.717, 1.165) is 50.2 Å². The first-order valence-corrected chi connectivity index (χ1v) is 9.99. The van der Waals surface area contributed by atoms with Crippen molar-refractivity contribution in [2.24, 2.45) is 0 Å². The highest BCUT2D eigenvalue weighted by Crippen LogP contribution is 2.37. The van der Waals surface area contributed by atoms with Crippen LogP contribution in [0, 0.1) is 0 Å². The number of carbonyl (C=O) groups excluding carboxylic acids is 1. The van der Waals surface area contributed by atoms with Crippen molar-refractivity contribution in [2.75, 3.05) is 26.7 Å². The number of rotatable bonds is 5. The predicted molar refractivity (Wildman–Crippen MR) is 110 cm³/mol. The molecule has 0 saturated carbocycles. The van der Waals surface area contributed by atoms with Crippen LogP contribution in [0.2, 0.25) is 0 Å². The molecule has 0 bridgehead atoms. The first-order valence-electron chi connectivity index (χ1n) is 9.99. The fourth-order valence-corrected chi connectivity index (χ4v) is 4.09. The van der Waals surface area contributed by atoms with E-state index < -0.39 is 0 Å². The number of ether oxygens (including phenoxy) is 2. The van der Waals surface area contributed by atoms with Gasteiger partial charge < -0.3 is 14.4 Å². The monoisotopic (exact) mass is 377 g/mol. The highest BCUT2D eigenvalue weighted by atomic mass is 16.5. The Hall–Kier alpha value is -2.59. The molecule has 2 aromatic rings. The number of likely N-dealkylation sites (tertiary alicyclic amines) is 1. The first-order chi connectivity index (χ1) is 13.7. The number of hydrogen-bond donors (Lipinski definition) is 0. The lowest BCUT2D eigenvalue weighted by Gasteiger charge is -2.42. The summed E-state index contributed by atoms with van der Waals surface area (Å²) in [5.74, 6) is 0.960. The third-order valence-electron chi connectivity index (χ3n) is 5.94. The van der Waals surface area contributed by atoms with Gasteiger partial charge in [0.15, 0.2) is 5.78 Å². The van der Waals surface area contributed by atoms with Crippen LogP contribution >= 0.6 is 0 Å². The standard InChI is InChI=1S/C24H27NO3/c1-27-21-9-7-20(8-10-21)22-18-28-24(17-23(22)26)12-15-25(16-13-24)14-11-19-5-3-2-4-6-19/h2-10,18H,11-17H2,1H3. The number of piperidine rings is 1. The largest absolute Gasteiger partial charge is 0.497 e. The molecule has 4 nitrogen and oxygen atoms in total. The molecule has 0 amide bonds. The number of ketones is 1. The topological polar surface area (TPSA) is 38.8 Å². The van der Waals surface area contributed by atoms with Crippen LogP contribution in [0.25, 0.3) is 5.57 Å². The molecule has 0 N–H and O–H groups in total. The second-order valence-electron chi connectivity index (χ2n) is 7.74. The van der Waals surface area contributed by atoms with Gasteiger partial charge >= 0.3 is 0 Å². The van der Waals surface area contributed by atoms with Crippen molar-refractivity contribution >= 4 is 11.4 Å². The number of hydrogen-bond acceptors (Lipinski definition) is 4. The predicted octanol–water partition coefficient (Wildman–Crippen LogP) is 4.10. The van der Waals surface area contributed by atoms with Gasteiger partial charge in [0.05, 0.1) is 25.4 Å². The summed E-state index contributed by atoms with van der Waals surface area (Å²) in [6.07, 6.45) is 5.03. The average Bonchev–Trinajstić information content (AvgIpc) is 2.74. The minimum atomic E-state index is -0.323. The van der Waals surface area contributed by atoms with E-state index in [0.29, 0.717) is 12.0 Å². The Kier molecular flexibility index (Phi) is 5.49. The number of nitrogens with zero attached hydrogens (tertiary/aromatic N) is 1. The highest BCUT2D eigenvalue weighted by molar-refractivity contribution is 6.21. The van der Waals surface area contributed by atoms with Crippen molar-refractivity contribution in [1.29, 1.82) is 0 Å². The lowest BCUT2D eigenvalue weighted by atomic mass is 9.82. The van der Waals surface area contributed by atoms with Gasteiger partial charge in [-0.3, -0.25) is 4.79 Å². The van der Waals surface area contributed by atoms with Crippen LogP contribution in [0.3, 0.4) is 0 Å². The number of benzene rings is 2. The molecule has 1 fully saturated rings. The second kappa shape index (κ2) is 8.19. The molecule has 2 aromatic carbocycles. The summed E-state index contributed by atoms with van der Waals surface area (Å²) in [4.78, 5) is 15.3. The summed E-state index contributed by atoms with van der Waals surface area (Å²) in [5.41, 5.74) is 2.61. The second-order valence-corrected chi connectivity index (χ2v) is 7.74. The van der Waals surface area contributed by atoms with Crippen LogP contribution in [-0.4, -0.2) is 43.0 Å². The van der Waals surface area contributed by atoms with Gasteiger partial charge in [0, 0.05) is 32.5 Å². The number of allylic oxidation sites excluding steroid dienone is 1. The molecule has 0 atom stereocenters. The fourth-order valence-electron chi connectivity index (χ4n) is 4.09. The summed E-state index contributed by atoms with van der Waals surface area (Å²) in [6, 6.07) is 18.2. The van der Waals surface area contributed by atoms with E-state index >= 15 is 0 Å². The van der Waals surface area contributed by atoms with E-state index in [1.54, 1.807) is 13.4 Å².